The third kappa shape index (κ3) is 2.38. The van der Waals surface area contributed by atoms with Gasteiger partial charge in [0.05, 0.1) is 5.92 Å². The van der Waals surface area contributed by atoms with Crippen molar-refractivity contribution in [1.82, 2.24) is 0 Å². The predicted octanol–water partition coefficient (Wildman–Crippen LogP) is 2.22. The number of hydrogen-bond donors (Lipinski definition) is 2. The number of carbonyl (C=O) groups is 1. The summed E-state index contributed by atoms with van der Waals surface area (Å²) in [4.78, 5) is 11.7. The summed E-state index contributed by atoms with van der Waals surface area (Å²) in [6.07, 6.45) is 3.12. The zero-order valence-electron chi connectivity index (χ0n) is 9.89. The van der Waals surface area contributed by atoms with Gasteiger partial charge in [0, 0.05) is 6.04 Å². The summed E-state index contributed by atoms with van der Waals surface area (Å²) in [7, 11) is 0. The van der Waals surface area contributed by atoms with Gasteiger partial charge in [-0.3, -0.25) is 4.79 Å². The van der Waals surface area contributed by atoms with Crippen LogP contribution in [0.4, 0.5) is 27.6 Å². The summed E-state index contributed by atoms with van der Waals surface area (Å²) >= 11 is 0. The highest BCUT2D eigenvalue weighted by atomic mass is 19.2. The molecule has 2 atom stereocenters. The van der Waals surface area contributed by atoms with E-state index in [2.05, 4.69) is 0 Å². The summed E-state index contributed by atoms with van der Waals surface area (Å²) in [5.74, 6) is -12.3. The third-order valence-electron chi connectivity index (χ3n) is 2.91. The second-order valence-electron chi connectivity index (χ2n) is 4.33. The highest BCUT2D eigenvalue weighted by molar-refractivity contribution is 5.94. The van der Waals surface area contributed by atoms with Crippen LogP contribution in [0.2, 0.25) is 0 Å². The Morgan fingerprint density at radius 2 is 1.50 bits per heavy atom. The van der Waals surface area contributed by atoms with Gasteiger partial charge in [-0.1, -0.05) is 12.2 Å². The normalized spacial score (nSPS) is 21.3. The van der Waals surface area contributed by atoms with Gasteiger partial charge in [-0.2, -0.15) is 0 Å². The van der Waals surface area contributed by atoms with Gasteiger partial charge in [0.2, 0.25) is 11.7 Å². The zero-order valence-corrected chi connectivity index (χ0v) is 9.89. The summed E-state index contributed by atoms with van der Waals surface area (Å²) < 4.78 is 65.4. The molecule has 2 unspecified atom stereocenters. The molecule has 0 fully saturated rings. The van der Waals surface area contributed by atoms with Crippen molar-refractivity contribution in [3.8, 4) is 0 Å². The Morgan fingerprint density at radius 3 is 1.95 bits per heavy atom. The lowest BCUT2D eigenvalue weighted by Crippen LogP contribution is -2.25. The molecule has 1 aromatic carbocycles. The van der Waals surface area contributed by atoms with Crippen LogP contribution in [0.1, 0.15) is 6.42 Å². The van der Waals surface area contributed by atoms with E-state index in [1.54, 1.807) is 5.32 Å². The second-order valence-corrected chi connectivity index (χ2v) is 4.33. The fourth-order valence-corrected chi connectivity index (χ4v) is 1.85. The minimum Gasteiger partial charge on any atom is -0.324 e. The van der Waals surface area contributed by atoms with Crippen LogP contribution in [0.15, 0.2) is 12.2 Å². The molecule has 0 spiro atoms. The van der Waals surface area contributed by atoms with E-state index in [1.165, 1.54) is 12.2 Å². The van der Waals surface area contributed by atoms with E-state index in [9.17, 15) is 26.7 Å². The first-order valence-corrected chi connectivity index (χ1v) is 5.59. The Morgan fingerprint density at radius 1 is 1.00 bits per heavy atom. The quantitative estimate of drug-likeness (QED) is 0.380. The number of anilines is 1. The maximum absolute atomic E-state index is 13.3. The maximum atomic E-state index is 13.3. The SMILES string of the molecule is NC1C=CC(C(=O)Nc2c(F)c(F)c(F)c(F)c2F)C1. The lowest BCUT2D eigenvalue weighted by atomic mass is 10.1. The molecule has 0 aromatic heterocycles. The van der Waals surface area contributed by atoms with Gasteiger partial charge >= 0.3 is 0 Å². The van der Waals surface area contributed by atoms with E-state index in [0.717, 1.165) is 0 Å². The number of rotatable bonds is 2. The lowest BCUT2D eigenvalue weighted by Gasteiger charge is -2.13. The van der Waals surface area contributed by atoms with Crippen molar-refractivity contribution < 1.29 is 26.7 Å². The lowest BCUT2D eigenvalue weighted by molar-refractivity contribution is -0.118. The van der Waals surface area contributed by atoms with Crippen LogP contribution in [0.3, 0.4) is 0 Å². The molecule has 0 bridgehead atoms. The summed E-state index contributed by atoms with van der Waals surface area (Å²) in [6, 6.07) is -0.387. The van der Waals surface area contributed by atoms with Crippen LogP contribution in [0.5, 0.6) is 0 Å². The number of amides is 1. The molecule has 1 aliphatic carbocycles. The first kappa shape index (κ1) is 14.4. The van der Waals surface area contributed by atoms with Crippen molar-refractivity contribution in [1.29, 1.82) is 0 Å². The maximum Gasteiger partial charge on any atom is 0.231 e. The van der Waals surface area contributed by atoms with E-state index >= 15 is 0 Å². The van der Waals surface area contributed by atoms with Gasteiger partial charge in [0.25, 0.3) is 0 Å². The number of hydrogen-bond acceptors (Lipinski definition) is 2. The molecule has 2 rings (SSSR count). The number of nitrogens with one attached hydrogen (secondary N) is 1. The van der Waals surface area contributed by atoms with Gasteiger partial charge in [-0.25, -0.2) is 22.0 Å². The Bertz CT molecular complexity index is 573. The molecule has 1 aliphatic rings. The topological polar surface area (TPSA) is 55.1 Å². The van der Waals surface area contributed by atoms with Crippen molar-refractivity contribution in [3.05, 3.63) is 41.2 Å². The molecule has 0 saturated heterocycles. The molecule has 0 heterocycles. The number of halogens is 5. The molecule has 3 N–H and O–H groups in total. The average Bonchev–Trinajstić information content (AvgIpc) is 2.85. The van der Waals surface area contributed by atoms with Gasteiger partial charge < -0.3 is 11.1 Å². The van der Waals surface area contributed by atoms with Crippen molar-refractivity contribution in [3.63, 3.8) is 0 Å². The van der Waals surface area contributed by atoms with Crippen molar-refractivity contribution in [2.75, 3.05) is 5.32 Å². The fraction of sp³-hybridized carbons (Fsp3) is 0.250. The molecule has 0 saturated carbocycles. The zero-order chi connectivity index (χ0) is 15.0. The molecular weight excluding hydrogens is 283 g/mol. The van der Waals surface area contributed by atoms with Crippen LogP contribution in [0.25, 0.3) is 0 Å². The van der Waals surface area contributed by atoms with Gasteiger partial charge in [0.15, 0.2) is 23.3 Å². The van der Waals surface area contributed by atoms with Crippen LogP contribution in [0, 0.1) is 35.0 Å². The molecule has 0 radical (unpaired) electrons. The van der Waals surface area contributed by atoms with Crippen LogP contribution in [-0.4, -0.2) is 11.9 Å². The smallest absolute Gasteiger partial charge is 0.231 e. The molecule has 0 aliphatic heterocycles. The van der Waals surface area contributed by atoms with Crippen LogP contribution < -0.4 is 11.1 Å². The standard InChI is InChI=1S/C12H9F5N2O/c13-6-7(14)9(16)11(10(17)8(6)15)19-12(20)4-1-2-5(18)3-4/h1-2,4-5H,3,18H2,(H,19,20). The first-order valence-electron chi connectivity index (χ1n) is 5.59. The number of carbonyl (C=O) groups excluding carboxylic acids is 1. The van der Waals surface area contributed by atoms with Crippen LogP contribution in [-0.2, 0) is 4.79 Å². The van der Waals surface area contributed by atoms with Crippen molar-refractivity contribution >= 4 is 11.6 Å². The minimum absolute atomic E-state index is 0.196. The molecule has 8 heteroatoms. The van der Waals surface area contributed by atoms with Crippen molar-refractivity contribution in [2.45, 2.75) is 12.5 Å². The molecule has 1 amide bonds. The Labute approximate surface area is 110 Å². The first-order chi connectivity index (χ1) is 9.32. The Balaban J connectivity index is 2.30. The highest BCUT2D eigenvalue weighted by Crippen LogP contribution is 2.28. The predicted molar refractivity (Wildman–Crippen MR) is 60.1 cm³/mol. The van der Waals surface area contributed by atoms with Gasteiger partial charge in [-0.15, -0.1) is 0 Å². The second kappa shape index (κ2) is 5.20. The highest BCUT2D eigenvalue weighted by Gasteiger charge is 2.29. The Kier molecular flexibility index (Phi) is 3.76. The third-order valence-corrected chi connectivity index (χ3v) is 2.91. The van der Waals surface area contributed by atoms with Crippen LogP contribution >= 0.6 is 0 Å². The van der Waals surface area contributed by atoms with E-state index in [4.69, 9.17) is 5.73 Å². The van der Waals surface area contributed by atoms with Gasteiger partial charge in [-0.05, 0) is 6.42 Å². The van der Waals surface area contributed by atoms with Gasteiger partial charge in [0.1, 0.15) is 5.69 Å². The molecule has 108 valence electrons. The van der Waals surface area contributed by atoms with E-state index in [1.807, 2.05) is 0 Å². The number of benzene rings is 1. The van der Waals surface area contributed by atoms with E-state index in [-0.39, 0.29) is 12.5 Å². The fourth-order valence-electron chi connectivity index (χ4n) is 1.85. The molecule has 20 heavy (non-hydrogen) atoms. The summed E-state index contributed by atoms with van der Waals surface area (Å²) in [5, 5.41) is 1.71. The van der Waals surface area contributed by atoms with Crippen molar-refractivity contribution in [2.24, 2.45) is 11.7 Å². The average molecular weight is 292 g/mol. The summed E-state index contributed by atoms with van der Waals surface area (Å²) in [5.41, 5.74) is 4.14. The molecular formula is C12H9F5N2O. The molecule has 3 nitrogen and oxygen atoms in total. The minimum atomic E-state index is -2.28. The Hall–Kier alpha value is -1.96. The molecule has 1 aromatic rings. The monoisotopic (exact) mass is 292 g/mol. The summed E-state index contributed by atoms with van der Waals surface area (Å²) in [6.45, 7) is 0. The largest absolute Gasteiger partial charge is 0.324 e. The van der Waals surface area contributed by atoms with E-state index in [0.29, 0.717) is 0 Å². The number of nitrogens with two attached hydrogens (primary N) is 1. The van der Waals surface area contributed by atoms with E-state index < -0.39 is 46.6 Å².